The standard InChI is InChI=1S/C16H20NO3P/c1-3-19-21(18,20-4-2)13-17-12-14-9-10-15-7-5-6-8-16(15)11-14/h5-12H,3-4,13H2,1-2H3/b17-12+. The molecule has 0 saturated heterocycles. The Bertz CT molecular complexity index is 659. The highest BCUT2D eigenvalue weighted by Crippen LogP contribution is 2.47. The number of hydrogen-bond acceptors (Lipinski definition) is 4. The summed E-state index contributed by atoms with van der Waals surface area (Å²) in [5.74, 6) is 0. The molecule has 0 bridgehead atoms. The second kappa shape index (κ2) is 7.51. The number of benzene rings is 2. The van der Waals surface area contributed by atoms with Crippen molar-refractivity contribution in [3.05, 3.63) is 48.0 Å². The Morgan fingerprint density at radius 1 is 1.05 bits per heavy atom. The molecule has 0 atom stereocenters. The largest absolute Gasteiger partial charge is 0.351 e. The first-order chi connectivity index (χ1) is 10.2. The zero-order valence-corrected chi connectivity index (χ0v) is 13.3. The van der Waals surface area contributed by atoms with Crippen LogP contribution < -0.4 is 0 Å². The summed E-state index contributed by atoms with van der Waals surface area (Å²) in [6.45, 7) is 4.28. The van der Waals surface area contributed by atoms with Crippen molar-refractivity contribution < 1.29 is 13.6 Å². The van der Waals surface area contributed by atoms with E-state index in [4.69, 9.17) is 9.05 Å². The molecule has 0 aliphatic carbocycles. The highest BCUT2D eigenvalue weighted by molar-refractivity contribution is 7.53. The van der Waals surface area contributed by atoms with Gasteiger partial charge in [-0.1, -0.05) is 36.4 Å². The van der Waals surface area contributed by atoms with Gasteiger partial charge in [0.05, 0.1) is 13.2 Å². The van der Waals surface area contributed by atoms with Crippen LogP contribution in [0.2, 0.25) is 0 Å². The first-order valence-electron chi connectivity index (χ1n) is 7.03. The predicted octanol–water partition coefficient (Wildman–Crippen LogP) is 4.48. The normalized spacial score (nSPS) is 12.3. The molecule has 2 aromatic carbocycles. The number of nitrogens with zero attached hydrogens (tertiary/aromatic N) is 1. The maximum atomic E-state index is 12.3. The second-order valence-electron chi connectivity index (χ2n) is 4.51. The summed E-state index contributed by atoms with van der Waals surface area (Å²) in [4.78, 5) is 4.22. The van der Waals surface area contributed by atoms with Crippen LogP contribution in [-0.2, 0) is 13.6 Å². The van der Waals surface area contributed by atoms with Crippen LogP contribution in [0.25, 0.3) is 10.8 Å². The minimum Gasteiger partial charge on any atom is -0.308 e. The lowest BCUT2D eigenvalue weighted by Crippen LogP contribution is -1.99. The summed E-state index contributed by atoms with van der Waals surface area (Å²) in [6, 6.07) is 14.2. The molecule has 2 rings (SSSR count). The van der Waals surface area contributed by atoms with Gasteiger partial charge in [0.1, 0.15) is 6.29 Å². The molecule has 21 heavy (non-hydrogen) atoms. The Hall–Kier alpha value is -1.48. The van der Waals surface area contributed by atoms with E-state index in [0.717, 1.165) is 10.9 Å². The average molecular weight is 305 g/mol. The van der Waals surface area contributed by atoms with Crippen LogP contribution >= 0.6 is 7.60 Å². The lowest BCUT2D eigenvalue weighted by Gasteiger charge is -2.14. The van der Waals surface area contributed by atoms with Gasteiger partial charge in [0, 0.05) is 6.21 Å². The molecular weight excluding hydrogens is 285 g/mol. The SMILES string of the molecule is CCOP(=O)(C/N=C/c1ccc2ccccc2c1)OCC. The Labute approximate surface area is 125 Å². The zero-order valence-electron chi connectivity index (χ0n) is 12.4. The topological polar surface area (TPSA) is 47.9 Å². The first kappa shape index (κ1) is 15.9. The van der Waals surface area contributed by atoms with Crippen LogP contribution in [-0.4, -0.2) is 25.7 Å². The summed E-state index contributed by atoms with van der Waals surface area (Å²) in [5, 5.41) is 2.34. The molecule has 0 aliphatic heterocycles. The van der Waals surface area contributed by atoms with Crippen molar-refractivity contribution in [2.45, 2.75) is 13.8 Å². The molecule has 0 N–H and O–H groups in total. The van der Waals surface area contributed by atoms with Gasteiger partial charge in [-0.3, -0.25) is 9.56 Å². The van der Waals surface area contributed by atoms with E-state index < -0.39 is 7.60 Å². The fourth-order valence-corrected chi connectivity index (χ4v) is 3.35. The molecule has 0 unspecified atom stereocenters. The molecule has 0 amide bonds. The molecule has 0 aromatic heterocycles. The smallest absolute Gasteiger partial charge is 0.308 e. The molecular formula is C16H20NO3P. The van der Waals surface area contributed by atoms with Crippen LogP contribution in [0.3, 0.4) is 0 Å². The Morgan fingerprint density at radius 2 is 1.71 bits per heavy atom. The van der Waals surface area contributed by atoms with Gasteiger partial charge in [0.15, 0.2) is 0 Å². The van der Waals surface area contributed by atoms with Crippen molar-refractivity contribution in [1.29, 1.82) is 0 Å². The molecule has 112 valence electrons. The molecule has 0 radical (unpaired) electrons. The first-order valence-corrected chi connectivity index (χ1v) is 8.76. The number of hydrogen-bond donors (Lipinski definition) is 0. The van der Waals surface area contributed by atoms with Crippen LogP contribution in [0.5, 0.6) is 0 Å². The van der Waals surface area contributed by atoms with Gasteiger partial charge in [-0.25, -0.2) is 0 Å². The molecule has 0 fully saturated rings. The monoisotopic (exact) mass is 305 g/mol. The lowest BCUT2D eigenvalue weighted by molar-refractivity contribution is 0.221. The third-order valence-corrected chi connectivity index (χ3v) is 4.73. The predicted molar refractivity (Wildman–Crippen MR) is 87.3 cm³/mol. The number of fused-ring (bicyclic) bond motifs is 1. The molecule has 0 saturated carbocycles. The van der Waals surface area contributed by atoms with E-state index in [-0.39, 0.29) is 6.29 Å². The molecule has 0 spiro atoms. The van der Waals surface area contributed by atoms with Gasteiger partial charge in [-0.2, -0.15) is 0 Å². The van der Waals surface area contributed by atoms with Gasteiger partial charge in [0.2, 0.25) is 0 Å². The molecule has 4 nitrogen and oxygen atoms in total. The van der Waals surface area contributed by atoms with E-state index in [0.29, 0.717) is 13.2 Å². The fourth-order valence-electron chi connectivity index (χ4n) is 2.05. The maximum absolute atomic E-state index is 12.3. The van der Waals surface area contributed by atoms with Gasteiger partial charge in [-0.05, 0) is 36.2 Å². The van der Waals surface area contributed by atoms with Gasteiger partial charge < -0.3 is 9.05 Å². The van der Waals surface area contributed by atoms with E-state index in [1.54, 1.807) is 20.1 Å². The molecule has 5 heteroatoms. The van der Waals surface area contributed by atoms with Crippen molar-refractivity contribution >= 4 is 24.6 Å². The van der Waals surface area contributed by atoms with Crippen molar-refractivity contribution in [2.75, 3.05) is 19.5 Å². The second-order valence-corrected chi connectivity index (χ2v) is 6.53. The van der Waals surface area contributed by atoms with Crippen molar-refractivity contribution in [3.8, 4) is 0 Å². The van der Waals surface area contributed by atoms with Crippen molar-refractivity contribution in [3.63, 3.8) is 0 Å². The Balaban J connectivity index is 2.10. The average Bonchev–Trinajstić information content (AvgIpc) is 2.47. The fraction of sp³-hybridized carbons (Fsp3) is 0.312. The highest BCUT2D eigenvalue weighted by Gasteiger charge is 2.22. The zero-order chi connectivity index (χ0) is 15.1. The van der Waals surface area contributed by atoms with E-state index in [1.165, 1.54) is 5.39 Å². The summed E-state index contributed by atoms with van der Waals surface area (Å²) < 4.78 is 22.7. The molecule has 0 aliphatic rings. The quantitative estimate of drug-likeness (QED) is 0.559. The van der Waals surface area contributed by atoms with E-state index in [2.05, 4.69) is 17.1 Å². The maximum Gasteiger partial charge on any atom is 0.351 e. The Kier molecular flexibility index (Phi) is 5.68. The summed E-state index contributed by atoms with van der Waals surface area (Å²) in [6.07, 6.45) is 1.75. The highest BCUT2D eigenvalue weighted by atomic mass is 31.2. The molecule has 2 aromatic rings. The third kappa shape index (κ3) is 4.50. The van der Waals surface area contributed by atoms with Gasteiger partial charge in [-0.15, -0.1) is 0 Å². The van der Waals surface area contributed by atoms with E-state index in [1.807, 2.05) is 30.3 Å². The van der Waals surface area contributed by atoms with Gasteiger partial charge in [0.25, 0.3) is 0 Å². The van der Waals surface area contributed by atoms with Crippen molar-refractivity contribution in [2.24, 2.45) is 4.99 Å². The van der Waals surface area contributed by atoms with Crippen LogP contribution in [0.15, 0.2) is 47.5 Å². The minimum atomic E-state index is -3.10. The number of rotatable bonds is 7. The summed E-state index contributed by atoms with van der Waals surface area (Å²) >= 11 is 0. The molecule has 0 heterocycles. The lowest BCUT2D eigenvalue weighted by atomic mass is 10.1. The summed E-state index contributed by atoms with van der Waals surface area (Å²) in [7, 11) is -3.10. The van der Waals surface area contributed by atoms with Crippen molar-refractivity contribution in [1.82, 2.24) is 0 Å². The van der Waals surface area contributed by atoms with E-state index >= 15 is 0 Å². The van der Waals surface area contributed by atoms with Crippen LogP contribution in [0.4, 0.5) is 0 Å². The number of aliphatic imine (C=N–C) groups is 1. The third-order valence-electron chi connectivity index (χ3n) is 2.92. The Morgan fingerprint density at radius 3 is 2.38 bits per heavy atom. The van der Waals surface area contributed by atoms with Crippen LogP contribution in [0, 0.1) is 0 Å². The van der Waals surface area contributed by atoms with Gasteiger partial charge >= 0.3 is 7.60 Å². The summed E-state index contributed by atoms with van der Waals surface area (Å²) in [5.41, 5.74) is 0.966. The van der Waals surface area contributed by atoms with E-state index in [9.17, 15) is 4.57 Å². The minimum absolute atomic E-state index is 0.0432. The van der Waals surface area contributed by atoms with Crippen LogP contribution in [0.1, 0.15) is 19.4 Å².